The van der Waals surface area contributed by atoms with Gasteiger partial charge in [0.25, 0.3) is 0 Å². The Hall–Kier alpha value is -3.76. The second-order valence-electron chi connectivity index (χ2n) is 16.9. The second kappa shape index (κ2) is 18.8. The first-order valence-corrected chi connectivity index (χ1v) is 21.7. The van der Waals surface area contributed by atoms with Gasteiger partial charge in [-0.1, -0.05) is 107 Å². The Labute approximate surface area is 313 Å². The van der Waals surface area contributed by atoms with Crippen molar-refractivity contribution in [3.63, 3.8) is 0 Å². The van der Waals surface area contributed by atoms with Gasteiger partial charge in [-0.2, -0.15) is 0 Å². The normalized spacial score (nSPS) is 16.7. The van der Waals surface area contributed by atoms with E-state index in [4.69, 9.17) is 9.16 Å². The van der Waals surface area contributed by atoms with Gasteiger partial charge in [-0.15, -0.1) is 0 Å². The summed E-state index contributed by atoms with van der Waals surface area (Å²) in [7, 11) is -2.46. The van der Waals surface area contributed by atoms with Gasteiger partial charge in [0, 0.05) is 31.8 Å². The summed E-state index contributed by atoms with van der Waals surface area (Å²) < 4.78 is 12.9. The number of allylic oxidation sites excluding steroid dienone is 1. The molecule has 0 unspecified atom stereocenters. The van der Waals surface area contributed by atoms with E-state index < -0.39 is 44.1 Å². The fourth-order valence-corrected chi connectivity index (χ4v) is 7.30. The minimum atomic E-state index is -2.46. The minimum Gasteiger partial charge on any atom is -0.444 e. The van der Waals surface area contributed by atoms with Gasteiger partial charge in [-0.05, 0) is 75.2 Å². The number of likely N-dealkylation sites (tertiary alicyclic amines) is 1. The maximum atomic E-state index is 14.5. The van der Waals surface area contributed by atoms with Gasteiger partial charge in [0.15, 0.2) is 8.32 Å². The van der Waals surface area contributed by atoms with Crippen LogP contribution in [-0.2, 0) is 30.0 Å². The summed E-state index contributed by atoms with van der Waals surface area (Å²) in [4.78, 5) is 55.3. The highest BCUT2D eigenvalue weighted by Crippen LogP contribution is 2.39. The highest BCUT2D eigenvalue weighted by Gasteiger charge is 2.43. The molecule has 0 aliphatic carbocycles. The van der Waals surface area contributed by atoms with Gasteiger partial charge in [-0.3, -0.25) is 14.4 Å². The van der Waals surface area contributed by atoms with Crippen molar-refractivity contribution in [2.45, 2.75) is 129 Å². The molecule has 1 aliphatic rings. The van der Waals surface area contributed by atoms with Crippen LogP contribution in [-0.4, -0.2) is 73.8 Å². The van der Waals surface area contributed by atoms with Gasteiger partial charge in [0.1, 0.15) is 17.4 Å². The summed E-state index contributed by atoms with van der Waals surface area (Å²) in [6.07, 6.45) is 4.70. The first-order chi connectivity index (χ1) is 24.3. The molecule has 2 aromatic carbocycles. The quantitative estimate of drug-likeness (QED) is 0.180. The second-order valence-corrected chi connectivity index (χ2v) is 21.7. The molecular formula is C42H63N3O6Si. The molecule has 0 bridgehead atoms. The van der Waals surface area contributed by atoms with Crippen molar-refractivity contribution in [3.05, 3.63) is 77.9 Å². The van der Waals surface area contributed by atoms with E-state index in [-0.39, 0.29) is 28.6 Å². The predicted molar refractivity (Wildman–Crippen MR) is 211 cm³/mol. The number of benzene rings is 2. The number of ether oxygens (including phenoxy) is 1. The molecule has 10 heteroatoms. The first kappa shape index (κ1) is 42.6. The van der Waals surface area contributed by atoms with Crippen LogP contribution in [0.25, 0.3) is 6.08 Å². The monoisotopic (exact) mass is 733 g/mol. The maximum Gasteiger partial charge on any atom is 0.407 e. The molecule has 286 valence electrons. The van der Waals surface area contributed by atoms with Crippen molar-refractivity contribution in [2.75, 3.05) is 13.1 Å². The molecule has 1 fully saturated rings. The van der Waals surface area contributed by atoms with Crippen LogP contribution in [0.15, 0.2) is 66.7 Å². The van der Waals surface area contributed by atoms with Crippen LogP contribution < -0.4 is 10.6 Å². The van der Waals surface area contributed by atoms with Crippen LogP contribution in [0.2, 0.25) is 18.1 Å². The Morgan fingerprint density at radius 1 is 0.885 bits per heavy atom. The van der Waals surface area contributed by atoms with Crippen molar-refractivity contribution in [3.8, 4) is 0 Å². The lowest BCUT2D eigenvalue weighted by atomic mass is 9.90. The smallest absolute Gasteiger partial charge is 0.407 e. The van der Waals surface area contributed by atoms with E-state index in [9.17, 15) is 19.2 Å². The zero-order valence-electron chi connectivity index (χ0n) is 33.2. The molecule has 3 amide bonds. The average Bonchev–Trinajstić information content (AvgIpc) is 3.05. The molecule has 52 heavy (non-hydrogen) atoms. The molecule has 0 spiro atoms. The van der Waals surface area contributed by atoms with E-state index in [0.717, 1.165) is 11.1 Å². The molecule has 0 radical (unpaired) electrons. The molecule has 9 nitrogen and oxygen atoms in total. The van der Waals surface area contributed by atoms with Gasteiger partial charge in [0.05, 0.1) is 12.1 Å². The third-order valence-corrected chi connectivity index (χ3v) is 14.5. The number of Topliss-reactive ketones (excluding diaryl/α,β-unsaturated/α-hetero) is 1. The summed E-state index contributed by atoms with van der Waals surface area (Å²) >= 11 is 0. The van der Waals surface area contributed by atoms with Gasteiger partial charge < -0.3 is 24.7 Å². The van der Waals surface area contributed by atoms with Crippen LogP contribution in [0.1, 0.15) is 92.2 Å². The first-order valence-electron chi connectivity index (χ1n) is 18.8. The number of piperidine rings is 1. The highest BCUT2D eigenvalue weighted by atomic mass is 28.4. The lowest BCUT2D eigenvalue weighted by Gasteiger charge is -2.42. The SMILES string of the molecule is CC(C)[C@H](NC(=O)[C@@H](CC=Cc1ccccc1)C[C@H](O[Si](C)(C)C(C)(C)C)[C@H](Cc1ccccc1)NC(=O)OC(C)(C)C)C(=O)N1CCC(=O)CC1. The molecule has 2 aromatic rings. The fourth-order valence-electron chi connectivity index (χ4n) is 5.93. The lowest BCUT2D eigenvalue weighted by molar-refractivity contribution is -0.141. The van der Waals surface area contributed by atoms with Crippen molar-refractivity contribution in [1.82, 2.24) is 15.5 Å². The fraction of sp³-hybridized carbons (Fsp3) is 0.571. The summed E-state index contributed by atoms with van der Waals surface area (Å²) in [5.41, 5.74) is 1.32. The minimum absolute atomic E-state index is 0.148. The molecule has 2 N–H and O–H groups in total. The number of nitrogens with zero attached hydrogens (tertiary/aromatic N) is 1. The average molecular weight is 734 g/mol. The Morgan fingerprint density at radius 3 is 2.00 bits per heavy atom. The number of rotatable bonds is 15. The number of carbonyl (C=O) groups excluding carboxylic acids is 4. The van der Waals surface area contributed by atoms with Crippen LogP contribution in [0.5, 0.6) is 0 Å². The van der Waals surface area contributed by atoms with Crippen molar-refractivity contribution < 1.29 is 28.3 Å². The Bertz CT molecular complexity index is 1490. The van der Waals surface area contributed by atoms with E-state index in [2.05, 4.69) is 44.5 Å². The molecule has 1 aliphatic heterocycles. The van der Waals surface area contributed by atoms with E-state index in [1.54, 1.807) is 4.90 Å². The highest BCUT2D eigenvalue weighted by molar-refractivity contribution is 6.74. The Kier molecular flexibility index (Phi) is 15.4. The topological polar surface area (TPSA) is 114 Å². The third kappa shape index (κ3) is 13.7. The number of amides is 3. The molecule has 3 rings (SSSR count). The molecular weight excluding hydrogens is 671 g/mol. The zero-order valence-corrected chi connectivity index (χ0v) is 34.2. The third-order valence-electron chi connectivity index (χ3n) is 9.98. The van der Waals surface area contributed by atoms with Crippen LogP contribution in [0.3, 0.4) is 0 Å². The van der Waals surface area contributed by atoms with E-state index >= 15 is 0 Å². The van der Waals surface area contributed by atoms with Crippen LogP contribution >= 0.6 is 0 Å². The summed E-state index contributed by atoms with van der Waals surface area (Å²) in [5, 5.41) is 6.12. The summed E-state index contributed by atoms with van der Waals surface area (Å²) in [6.45, 7) is 20.9. The van der Waals surface area contributed by atoms with Crippen LogP contribution in [0, 0.1) is 11.8 Å². The zero-order chi connectivity index (χ0) is 38.7. The molecule has 1 saturated heterocycles. The number of ketones is 1. The van der Waals surface area contributed by atoms with Gasteiger partial charge in [-0.25, -0.2) is 4.79 Å². The number of alkyl carbamates (subject to hydrolysis) is 1. The summed E-state index contributed by atoms with van der Waals surface area (Å²) in [6, 6.07) is 18.6. The number of nitrogens with one attached hydrogen (secondary N) is 2. The van der Waals surface area contributed by atoms with Crippen LogP contribution in [0.4, 0.5) is 4.79 Å². The maximum absolute atomic E-state index is 14.5. The van der Waals surface area contributed by atoms with E-state index in [0.29, 0.717) is 45.2 Å². The van der Waals surface area contributed by atoms with Gasteiger partial charge in [0.2, 0.25) is 11.8 Å². The lowest BCUT2D eigenvalue weighted by Crippen LogP contribution is -2.56. The standard InChI is InChI=1S/C42H63N3O6Si/c1-30(2)37(39(48)45-26-24-34(46)25-27-45)44-38(47)33(23-17-22-31-18-13-11-14-19-31)29-36(51-52(9,10)42(6,7)8)35(28-32-20-15-12-16-21-32)43-40(49)50-41(3,4)5/h11-22,30,33,35-37H,23-29H2,1-10H3,(H,43,49)(H,44,47)/t33-,35-,36-,37-/m0/s1. The van der Waals surface area contributed by atoms with Gasteiger partial charge >= 0.3 is 6.09 Å². The number of hydrogen-bond donors (Lipinski definition) is 2. The largest absolute Gasteiger partial charge is 0.444 e. The molecule has 0 saturated carbocycles. The van der Waals surface area contributed by atoms with E-state index in [1.807, 2.05) is 107 Å². The predicted octanol–water partition coefficient (Wildman–Crippen LogP) is 7.95. The molecule has 0 aromatic heterocycles. The summed E-state index contributed by atoms with van der Waals surface area (Å²) in [5.74, 6) is -1.04. The Morgan fingerprint density at radius 2 is 1.46 bits per heavy atom. The van der Waals surface area contributed by atoms with Crippen molar-refractivity contribution in [1.29, 1.82) is 0 Å². The van der Waals surface area contributed by atoms with E-state index in [1.165, 1.54) is 0 Å². The Balaban J connectivity index is 2.05. The van der Waals surface area contributed by atoms with Crippen molar-refractivity contribution in [2.24, 2.45) is 11.8 Å². The van der Waals surface area contributed by atoms with Crippen molar-refractivity contribution >= 4 is 38.1 Å². The number of carbonyl (C=O) groups is 4. The molecule has 1 heterocycles. The molecule has 4 atom stereocenters. The number of hydrogen-bond acceptors (Lipinski definition) is 6.